The minimum Gasteiger partial charge on any atom is -0.477 e. The summed E-state index contributed by atoms with van der Waals surface area (Å²) in [5.41, 5.74) is 0.433. The van der Waals surface area contributed by atoms with Crippen molar-refractivity contribution in [1.82, 2.24) is 9.38 Å². The van der Waals surface area contributed by atoms with Crippen LogP contribution in [-0.2, 0) is 4.74 Å². The van der Waals surface area contributed by atoms with Crippen molar-refractivity contribution in [2.75, 3.05) is 12.4 Å². The largest absolute Gasteiger partial charge is 0.477 e. The Morgan fingerprint density at radius 3 is 2.88 bits per heavy atom. The third-order valence-corrected chi connectivity index (χ3v) is 2.16. The molecule has 0 aromatic carbocycles. The van der Waals surface area contributed by atoms with E-state index in [4.69, 9.17) is 5.11 Å². The van der Waals surface area contributed by atoms with Gasteiger partial charge in [0.25, 0.3) is 0 Å². The van der Waals surface area contributed by atoms with Gasteiger partial charge in [0.05, 0.1) is 13.3 Å². The third kappa shape index (κ3) is 1.89. The standard InChI is InChI=1S/C10H9N3O4/c1-17-10(16)12-8-5-11-7-4-2-3-6(9(14)15)13(7)8/h2-5H,1H3,(H,12,16)(H,14,15). The van der Waals surface area contributed by atoms with Crippen LogP contribution in [0.2, 0.25) is 0 Å². The van der Waals surface area contributed by atoms with Crippen LogP contribution in [0.15, 0.2) is 24.4 Å². The van der Waals surface area contributed by atoms with Crippen molar-refractivity contribution in [3.05, 3.63) is 30.1 Å². The molecule has 0 saturated heterocycles. The number of rotatable bonds is 2. The van der Waals surface area contributed by atoms with Crippen molar-refractivity contribution < 1.29 is 19.4 Å². The molecule has 2 heterocycles. The van der Waals surface area contributed by atoms with E-state index in [0.29, 0.717) is 5.65 Å². The number of carbonyl (C=O) groups is 2. The molecule has 0 radical (unpaired) electrons. The Kier molecular flexibility index (Phi) is 2.65. The van der Waals surface area contributed by atoms with Gasteiger partial charge in [0.2, 0.25) is 0 Å². The number of pyridine rings is 1. The number of aromatic nitrogens is 2. The molecule has 0 unspecified atom stereocenters. The highest BCUT2D eigenvalue weighted by atomic mass is 16.5. The van der Waals surface area contributed by atoms with Gasteiger partial charge in [-0.1, -0.05) is 6.07 Å². The number of aromatic carboxylic acids is 1. The quantitative estimate of drug-likeness (QED) is 0.816. The molecule has 0 saturated carbocycles. The van der Waals surface area contributed by atoms with Gasteiger partial charge in [-0.25, -0.2) is 14.6 Å². The van der Waals surface area contributed by atoms with Crippen molar-refractivity contribution in [1.29, 1.82) is 0 Å². The fourth-order valence-electron chi connectivity index (χ4n) is 1.45. The van der Waals surface area contributed by atoms with Crippen molar-refractivity contribution >= 4 is 23.5 Å². The number of nitrogens with one attached hydrogen (secondary N) is 1. The van der Waals surface area contributed by atoms with Gasteiger partial charge in [-0.3, -0.25) is 9.72 Å². The smallest absolute Gasteiger partial charge is 0.412 e. The van der Waals surface area contributed by atoms with E-state index in [1.807, 2.05) is 0 Å². The summed E-state index contributed by atoms with van der Waals surface area (Å²) in [7, 11) is 1.22. The van der Waals surface area contributed by atoms with Crippen LogP contribution < -0.4 is 5.32 Å². The number of imidazole rings is 1. The summed E-state index contributed by atoms with van der Waals surface area (Å²) in [4.78, 5) is 26.1. The summed E-state index contributed by atoms with van der Waals surface area (Å²) < 4.78 is 5.75. The fraction of sp³-hybridized carbons (Fsp3) is 0.100. The number of nitrogens with zero attached hydrogens (tertiary/aromatic N) is 2. The van der Waals surface area contributed by atoms with Gasteiger partial charge < -0.3 is 9.84 Å². The second-order valence-electron chi connectivity index (χ2n) is 3.17. The van der Waals surface area contributed by atoms with Gasteiger partial charge in [0.15, 0.2) is 0 Å². The molecule has 2 aromatic rings. The van der Waals surface area contributed by atoms with E-state index >= 15 is 0 Å². The monoisotopic (exact) mass is 235 g/mol. The van der Waals surface area contributed by atoms with E-state index in [0.717, 1.165) is 0 Å². The molecule has 0 aliphatic carbocycles. The number of hydrogen-bond donors (Lipinski definition) is 2. The molecule has 7 nitrogen and oxygen atoms in total. The number of amides is 1. The zero-order valence-corrected chi connectivity index (χ0v) is 8.88. The van der Waals surface area contributed by atoms with Gasteiger partial charge >= 0.3 is 12.1 Å². The van der Waals surface area contributed by atoms with Crippen molar-refractivity contribution in [2.24, 2.45) is 0 Å². The molecular weight excluding hydrogens is 226 g/mol. The lowest BCUT2D eigenvalue weighted by atomic mass is 10.3. The Morgan fingerprint density at radius 1 is 1.47 bits per heavy atom. The highest BCUT2D eigenvalue weighted by Crippen LogP contribution is 2.15. The van der Waals surface area contributed by atoms with E-state index in [-0.39, 0.29) is 11.5 Å². The Morgan fingerprint density at radius 2 is 2.24 bits per heavy atom. The molecule has 0 bridgehead atoms. The van der Waals surface area contributed by atoms with Gasteiger partial charge in [0, 0.05) is 0 Å². The van der Waals surface area contributed by atoms with Gasteiger partial charge in [-0.15, -0.1) is 0 Å². The van der Waals surface area contributed by atoms with Crippen molar-refractivity contribution in [3.63, 3.8) is 0 Å². The number of carboxylic acids is 1. The molecule has 7 heteroatoms. The van der Waals surface area contributed by atoms with Crippen LogP contribution >= 0.6 is 0 Å². The Balaban J connectivity index is 2.57. The van der Waals surface area contributed by atoms with Crippen LogP contribution in [0, 0.1) is 0 Å². The van der Waals surface area contributed by atoms with Crippen LogP contribution in [0.5, 0.6) is 0 Å². The van der Waals surface area contributed by atoms with E-state index < -0.39 is 12.1 Å². The van der Waals surface area contributed by atoms with E-state index in [2.05, 4.69) is 15.0 Å². The predicted octanol–water partition coefficient (Wildman–Crippen LogP) is 1.21. The molecule has 1 amide bonds. The summed E-state index contributed by atoms with van der Waals surface area (Å²) in [5, 5.41) is 11.4. The molecule has 0 atom stereocenters. The average molecular weight is 235 g/mol. The number of fused-ring (bicyclic) bond motifs is 1. The summed E-state index contributed by atoms with van der Waals surface area (Å²) in [6.45, 7) is 0. The molecule has 17 heavy (non-hydrogen) atoms. The molecule has 0 aliphatic heterocycles. The lowest BCUT2D eigenvalue weighted by Gasteiger charge is -2.05. The third-order valence-electron chi connectivity index (χ3n) is 2.16. The Hall–Kier alpha value is -2.57. The number of ether oxygens (including phenoxy) is 1. The summed E-state index contributed by atoms with van der Waals surface area (Å²) in [6, 6.07) is 4.63. The normalized spacial score (nSPS) is 10.2. The maximum atomic E-state index is 11.1. The van der Waals surface area contributed by atoms with Gasteiger partial charge in [-0.2, -0.15) is 0 Å². The lowest BCUT2D eigenvalue weighted by Crippen LogP contribution is -2.14. The predicted molar refractivity (Wildman–Crippen MR) is 58.2 cm³/mol. The second-order valence-corrected chi connectivity index (χ2v) is 3.17. The maximum Gasteiger partial charge on any atom is 0.412 e. The number of anilines is 1. The molecule has 2 aromatic heterocycles. The number of carbonyl (C=O) groups excluding carboxylic acids is 1. The van der Waals surface area contributed by atoms with Crippen LogP contribution in [0.3, 0.4) is 0 Å². The molecule has 0 fully saturated rings. The first kappa shape index (κ1) is 10.9. The average Bonchev–Trinajstić information content (AvgIpc) is 2.72. The number of hydrogen-bond acceptors (Lipinski definition) is 4. The van der Waals surface area contributed by atoms with Crippen LogP contribution in [0.25, 0.3) is 5.65 Å². The maximum absolute atomic E-state index is 11.1. The van der Waals surface area contributed by atoms with E-state index in [1.165, 1.54) is 23.8 Å². The van der Waals surface area contributed by atoms with E-state index in [9.17, 15) is 9.59 Å². The lowest BCUT2D eigenvalue weighted by molar-refractivity contribution is 0.0689. The van der Waals surface area contributed by atoms with Gasteiger partial charge in [-0.05, 0) is 12.1 Å². The topological polar surface area (TPSA) is 92.9 Å². The SMILES string of the molecule is COC(=O)Nc1cnc2cccc(C(=O)O)n12. The Labute approximate surface area is 95.6 Å². The highest BCUT2D eigenvalue weighted by Gasteiger charge is 2.13. The summed E-state index contributed by atoms with van der Waals surface area (Å²) in [5.74, 6) is -0.869. The molecule has 88 valence electrons. The summed E-state index contributed by atoms with van der Waals surface area (Å²) >= 11 is 0. The van der Waals surface area contributed by atoms with Crippen molar-refractivity contribution in [2.45, 2.75) is 0 Å². The fourth-order valence-corrected chi connectivity index (χ4v) is 1.45. The van der Waals surface area contributed by atoms with E-state index in [1.54, 1.807) is 12.1 Å². The minimum absolute atomic E-state index is 0.00593. The minimum atomic E-state index is -1.11. The summed E-state index contributed by atoms with van der Waals surface area (Å²) in [6.07, 6.45) is 0.672. The first-order valence-corrected chi connectivity index (χ1v) is 4.68. The first-order chi connectivity index (χ1) is 8.13. The highest BCUT2D eigenvalue weighted by molar-refractivity contribution is 5.89. The number of carboxylic acid groups (broad SMARTS) is 1. The molecule has 0 spiro atoms. The Bertz CT molecular complexity index is 590. The van der Waals surface area contributed by atoms with Gasteiger partial charge in [0.1, 0.15) is 17.2 Å². The first-order valence-electron chi connectivity index (χ1n) is 4.68. The molecular formula is C10H9N3O4. The van der Waals surface area contributed by atoms with Crippen LogP contribution in [0.1, 0.15) is 10.5 Å². The molecule has 0 aliphatic rings. The molecule has 2 rings (SSSR count). The zero-order chi connectivity index (χ0) is 12.4. The van der Waals surface area contributed by atoms with Crippen LogP contribution in [0.4, 0.5) is 10.6 Å². The molecule has 2 N–H and O–H groups in total. The van der Waals surface area contributed by atoms with Crippen molar-refractivity contribution in [3.8, 4) is 0 Å². The second kappa shape index (κ2) is 4.12. The van der Waals surface area contributed by atoms with Crippen LogP contribution in [-0.4, -0.2) is 33.7 Å². The zero-order valence-electron chi connectivity index (χ0n) is 8.88. The number of methoxy groups -OCH3 is 1.